The molecule has 0 heterocycles. The van der Waals surface area contributed by atoms with E-state index in [0.29, 0.717) is 23.7 Å². The number of phenolic OH excluding ortho intramolecular Hbond substituents is 1. The maximum Gasteiger partial charge on any atom is 0.277 e. The van der Waals surface area contributed by atoms with Crippen molar-refractivity contribution in [1.29, 1.82) is 0 Å². The number of carbonyl (C=O) groups excluding carboxylic acids is 1. The Morgan fingerprint density at radius 2 is 1.88 bits per heavy atom. The van der Waals surface area contributed by atoms with Crippen molar-refractivity contribution in [2.24, 2.45) is 5.10 Å². The Bertz CT molecular complexity index is 752. The number of nitrogens with one attached hydrogen (secondary N) is 1. The van der Waals surface area contributed by atoms with E-state index in [2.05, 4.69) is 10.5 Å². The van der Waals surface area contributed by atoms with Crippen molar-refractivity contribution in [3.8, 4) is 17.2 Å². The highest BCUT2D eigenvalue weighted by Crippen LogP contribution is 2.26. The first kappa shape index (κ1) is 18.3. The van der Waals surface area contributed by atoms with E-state index in [1.54, 1.807) is 12.1 Å². The highest BCUT2D eigenvalue weighted by atomic mass is 16.5. The van der Waals surface area contributed by atoms with E-state index in [9.17, 15) is 9.90 Å². The van der Waals surface area contributed by atoms with Gasteiger partial charge in [-0.05, 0) is 67.8 Å². The Morgan fingerprint density at radius 1 is 1.16 bits per heavy atom. The average molecular weight is 342 g/mol. The Balaban J connectivity index is 1.87. The monoisotopic (exact) mass is 342 g/mol. The van der Waals surface area contributed by atoms with Crippen LogP contribution < -0.4 is 14.9 Å². The molecule has 25 heavy (non-hydrogen) atoms. The first-order valence-corrected chi connectivity index (χ1v) is 7.96. The Morgan fingerprint density at radius 3 is 2.56 bits per heavy atom. The van der Waals surface area contributed by atoms with Gasteiger partial charge in [-0.2, -0.15) is 5.10 Å². The quantitative estimate of drug-likeness (QED) is 0.599. The van der Waals surface area contributed by atoms with Gasteiger partial charge in [-0.1, -0.05) is 6.07 Å². The number of ether oxygens (including phenoxy) is 2. The molecule has 0 aliphatic heterocycles. The van der Waals surface area contributed by atoms with E-state index < -0.39 is 0 Å². The van der Waals surface area contributed by atoms with E-state index in [-0.39, 0.29) is 18.3 Å². The minimum absolute atomic E-state index is 0.0601. The predicted molar refractivity (Wildman–Crippen MR) is 96.4 cm³/mol. The molecule has 2 N–H and O–H groups in total. The van der Waals surface area contributed by atoms with Gasteiger partial charge in [0, 0.05) is 0 Å². The summed E-state index contributed by atoms with van der Waals surface area (Å²) in [7, 11) is 0. The van der Waals surface area contributed by atoms with Crippen LogP contribution in [0, 0.1) is 13.8 Å². The number of hydrogen-bond donors (Lipinski definition) is 2. The fraction of sp³-hybridized carbons (Fsp3) is 0.263. The lowest BCUT2D eigenvalue weighted by Gasteiger charge is -2.07. The zero-order valence-electron chi connectivity index (χ0n) is 14.6. The van der Waals surface area contributed by atoms with Crippen LogP contribution in [-0.4, -0.2) is 30.4 Å². The Kier molecular flexibility index (Phi) is 6.39. The van der Waals surface area contributed by atoms with Crippen molar-refractivity contribution >= 4 is 12.1 Å². The fourth-order valence-corrected chi connectivity index (χ4v) is 2.26. The topological polar surface area (TPSA) is 80.2 Å². The molecule has 0 bridgehead atoms. The normalized spacial score (nSPS) is 10.7. The molecule has 132 valence electrons. The summed E-state index contributed by atoms with van der Waals surface area (Å²) in [5, 5.41) is 13.5. The number of hydrogen-bond acceptors (Lipinski definition) is 5. The molecule has 2 aromatic rings. The summed E-state index contributed by atoms with van der Waals surface area (Å²) in [5.74, 6) is 0.719. The molecular formula is C19H22N2O4. The number of aromatic hydroxyl groups is 1. The molecule has 6 heteroatoms. The number of carbonyl (C=O) groups is 1. The van der Waals surface area contributed by atoms with Gasteiger partial charge in [0.25, 0.3) is 5.91 Å². The molecule has 6 nitrogen and oxygen atoms in total. The van der Waals surface area contributed by atoms with Gasteiger partial charge in [-0.3, -0.25) is 4.79 Å². The van der Waals surface area contributed by atoms with Crippen LogP contribution in [0.5, 0.6) is 17.2 Å². The first-order chi connectivity index (χ1) is 12.0. The lowest BCUT2D eigenvalue weighted by Crippen LogP contribution is -2.24. The van der Waals surface area contributed by atoms with Crippen molar-refractivity contribution in [3.05, 3.63) is 53.1 Å². The third-order valence-corrected chi connectivity index (χ3v) is 3.25. The van der Waals surface area contributed by atoms with Crippen LogP contribution in [0.25, 0.3) is 0 Å². The lowest BCUT2D eigenvalue weighted by atomic mass is 10.1. The summed E-state index contributed by atoms with van der Waals surface area (Å²) in [4.78, 5) is 11.8. The average Bonchev–Trinajstić information content (AvgIpc) is 2.55. The summed E-state index contributed by atoms with van der Waals surface area (Å²) >= 11 is 0. The van der Waals surface area contributed by atoms with E-state index >= 15 is 0 Å². The zero-order chi connectivity index (χ0) is 18.2. The molecule has 0 aliphatic rings. The third-order valence-electron chi connectivity index (χ3n) is 3.25. The summed E-state index contributed by atoms with van der Waals surface area (Å²) in [6, 6.07) is 10.6. The van der Waals surface area contributed by atoms with Crippen molar-refractivity contribution < 1.29 is 19.4 Å². The van der Waals surface area contributed by atoms with Crippen LogP contribution in [0.4, 0.5) is 0 Å². The number of nitrogens with zero attached hydrogens (tertiary/aromatic N) is 1. The van der Waals surface area contributed by atoms with Crippen molar-refractivity contribution in [2.75, 3.05) is 13.2 Å². The van der Waals surface area contributed by atoms with Crippen LogP contribution in [-0.2, 0) is 4.79 Å². The fourth-order valence-electron chi connectivity index (χ4n) is 2.26. The Labute approximate surface area is 147 Å². The van der Waals surface area contributed by atoms with Crippen LogP contribution >= 0.6 is 0 Å². The summed E-state index contributed by atoms with van der Waals surface area (Å²) < 4.78 is 10.8. The standard InChI is InChI=1S/C19H22N2O4/c1-4-24-18-10-15(5-6-17(18)22)11-20-21-19(23)12-25-16-8-13(2)7-14(3)9-16/h5-11,22H,4,12H2,1-3H3,(H,21,23). The van der Waals surface area contributed by atoms with Gasteiger partial charge < -0.3 is 14.6 Å². The van der Waals surface area contributed by atoms with E-state index in [0.717, 1.165) is 11.1 Å². The molecule has 1 amide bonds. The van der Waals surface area contributed by atoms with Crippen LogP contribution in [0.3, 0.4) is 0 Å². The molecule has 0 saturated heterocycles. The molecule has 0 aromatic heterocycles. The highest BCUT2D eigenvalue weighted by Gasteiger charge is 2.04. The molecule has 0 spiro atoms. The largest absolute Gasteiger partial charge is 0.504 e. The SMILES string of the molecule is CCOc1cc(C=NNC(=O)COc2cc(C)cc(C)c2)ccc1O. The molecule has 0 unspecified atom stereocenters. The van der Waals surface area contributed by atoms with Gasteiger partial charge in [0.2, 0.25) is 0 Å². The predicted octanol–water partition coefficient (Wildman–Crippen LogP) is 2.94. The molecule has 0 aliphatic carbocycles. The van der Waals surface area contributed by atoms with Crippen LogP contribution in [0.15, 0.2) is 41.5 Å². The number of amides is 1. The van der Waals surface area contributed by atoms with Crippen LogP contribution in [0.2, 0.25) is 0 Å². The molecule has 0 fully saturated rings. The zero-order valence-corrected chi connectivity index (χ0v) is 14.6. The molecule has 2 rings (SSSR count). The maximum absolute atomic E-state index is 11.8. The summed E-state index contributed by atoms with van der Waals surface area (Å²) in [6.45, 7) is 6.09. The van der Waals surface area contributed by atoms with Gasteiger partial charge in [0.05, 0.1) is 12.8 Å². The minimum Gasteiger partial charge on any atom is -0.504 e. The molecule has 0 radical (unpaired) electrons. The molecule has 2 aromatic carbocycles. The number of aryl methyl sites for hydroxylation is 2. The number of benzene rings is 2. The van der Waals surface area contributed by atoms with E-state index in [1.165, 1.54) is 12.3 Å². The third kappa shape index (κ3) is 5.84. The maximum atomic E-state index is 11.8. The first-order valence-electron chi connectivity index (χ1n) is 7.96. The minimum atomic E-state index is -0.362. The van der Waals surface area contributed by atoms with Crippen molar-refractivity contribution in [2.45, 2.75) is 20.8 Å². The second-order valence-electron chi connectivity index (χ2n) is 5.57. The number of hydrazone groups is 1. The molecular weight excluding hydrogens is 320 g/mol. The van der Waals surface area contributed by atoms with E-state index in [4.69, 9.17) is 9.47 Å². The smallest absolute Gasteiger partial charge is 0.277 e. The van der Waals surface area contributed by atoms with Gasteiger partial charge in [0.15, 0.2) is 18.1 Å². The lowest BCUT2D eigenvalue weighted by molar-refractivity contribution is -0.123. The van der Waals surface area contributed by atoms with Crippen molar-refractivity contribution in [1.82, 2.24) is 5.43 Å². The van der Waals surface area contributed by atoms with Crippen molar-refractivity contribution in [3.63, 3.8) is 0 Å². The Hall–Kier alpha value is -3.02. The second-order valence-corrected chi connectivity index (χ2v) is 5.57. The van der Waals surface area contributed by atoms with Gasteiger partial charge in [-0.15, -0.1) is 0 Å². The molecule has 0 saturated carbocycles. The highest BCUT2D eigenvalue weighted by molar-refractivity contribution is 5.83. The van der Waals surface area contributed by atoms with Gasteiger partial charge in [0.1, 0.15) is 5.75 Å². The van der Waals surface area contributed by atoms with Crippen LogP contribution in [0.1, 0.15) is 23.6 Å². The number of phenols is 1. The molecule has 0 atom stereocenters. The summed E-state index contributed by atoms with van der Waals surface area (Å²) in [5.41, 5.74) is 5.24. The second kappa shape index (κ2) is 8.73. The summed E-state index contributed by atoms with van der Waals surface area (Å²) in [6.07, 6.45) is 1.47. The number of rotatable bonds is 7. The van der Waals surface area contributed by atoms with E-state index in [1.807, 2.05) is 39.0 Å². The van der Waals surface area contributed by atoms with Gasteiger partial charge in [-0.25, -0.2) is 5.43 Å². The van der Waals surface area contributed by atoms with Gasteiger partial charge >= 0.3 is 0 Å².